The number of esters is 1. The molecule has 0 radical (unpaired) electrons. The van der Waals surface area contributed by atoms with Crippen molar-refractivity contribution in [1.29, 1.82) is 0 Å². The first-order valence-corrected chi connectivity index (χ1v) is 9.74. The highest BCUT2D eigenvalue weighted by atomic mass is 16.5. The number of aryl methyl sites for hydroxylation is 1. The number of ketones is 1. The van der Waals surface area contributed by atoms with Crippen LogP contribution >= 0.6 is 0 Å². The third-order valence-electron chi connectivity index (χ3n) is 5.21. The van der Waals surface area contributed by atoms with Crippen LogP contribution in [0.25, 0.3) is 10.9 Å². The van der Waals surface area contributed by atoms with Gasteiger partial charge in [0.05, 0.1) is 11.3 Å². The summed E-state index contributed by atoms with van der Waals surface area (Å²) in [4.78, 5) is 53.1. The first-order valence-electron chi connectivity index (χ1n) is 9.74. The second-order valence-electron chi connectivity index (χ2n) is 7.07. The number of benzene rings is 2. The van der Waals surface area contributed by atoms with Gasteiger partial charge in [0.1, 0.15) is 0 Å². The lowest BCUT2D eigenvalue weighted by atomic mass is 10.1. The van der Waals surface area contributed by atoms with E-state index < -0.39 is 12.6 Å². The van der Waals surface area contributed by atoms with Crippen molar-refractivity contribution < 1.29 is 23.9 Å². The largest absolute Gasteiger partial charge is 0.454 e. The van der Waals surface area contributed by atoms with E-state index in [2.05, 4.69) is 4.98 Å². The second kappa shape index (κ2) is 7.94. The van der Waals surface area contributed by atoms with E-state index in [0.29, 0.717) is 11.3 Å². The fourth-order valence-corrected chi connectivity index (χ4v) is 3.67. The molecule has 1 N–H and O–H groups in total. The molecule has 0 aliphatic carbocycles. The van der Waals surface area contributed by atoms with Crippen molar-refractivity contribution in [2.24, 2.45) is 0 Å². The maximum Gasteiger partial charge on any atom is 0.338 e. The van der Waals surface area contributed by atoms with Gasteiger partial charge in [-0.3, -0.25) is 19.3 Å². The average molecular weight is 404 g/mol. The molecule has 1 aromatic heterocycles. The van der Waals surface area contributed by atoms with Crippen LogP contribution in [-0.4, -0.2) is 35.2 Å². The summed E-state index contributed by atoms with van der Waals surface area (Å²) in [5.74, 6) is -1.61. The Labute approximate surface area is 172 Å². The van der Waals surface area contributed by atoms with Gasteiger partial charge in [-0.15, -0.1) is 0 Å². The van der Waals surface area contributed by atoms with Crippen LogP contribution in [0.4, 0.5) is 5.69 Å². The highest BCUT2D eigenvalue weighted by molar-refractivity contribution is 6.20. The van der Waals surface area contributed by atoms with Crippen molar-refractivity contribution in [3.05, 3.63) is 65.4 Å². The Bertz CT molecular complexity index is 1160. The minimum absolute atomic E-state index is 0.159. The van der Waals surface area contributed by atoms with Gasteiger partial charge in [-0.05, 0) is 30.2 Å². The molecule has 0 atom stereocenters. The van der Waals surface area contributed by atoms with E-state index in [9.17, 15) is 19.2 Å². The number of nitrogens with one attached hydrogen (secondary N) is 1. The summed E-state index contributed by atoms with van der Waals surface area (Å²) in [6.45, 7) is 1.63. The molecule has 0 spiro atoms. The summed E-state index contributed by atoms with van der Waals surface area (Å²) in [6.07, 6.45) is 2.78. The molecule has 30 heavy (non-hydrogen) atoms. The topological polar surface area (TPSA) is 96.5 Å². The number of aromatic nitrogens is 1. The normalized spacial score (nSPS) is 13.8. The quantitative estimate of drug-likeness (QED) is 0.386. The summed E-state index contributed by atoms with van der Waals surface area (Å²) in [5.41, 5.74) is 2.97. The van der Waals surface area contributed by atoms with Gasteiger partial charge in [-0.25, -0.2) is 4.79 Å². The molecule has 0 saturated carbocycles. The second-order valence-corrected chi connectivity index (χ2v) is 7.07. The molecule has 152 valence electrons. The number of hydrogen-bond donors (Lipinski definition) is 1. The van der Waals surface area contributed by atoms with Crippen LogP contribution in [0.2, 0.25) is 0 Å². The number of H-pyrrole nitrogens is 1. The fraction of sp³-hybridized carbons (Fsp3) is 0.217. The molecule has 7 heteroatoms. The third-order valence-corrected chi connectivity index (χ3v) is 5.21. The molecule has 2 amide bonds. The lowest BCUT2D eigenvalue weighted by Crippen LogP contribution is -2.28. The summed E-state index contributed by atoms with van der Waals surface area (Å²) in [5, 5.41) is 0.795. The zero-order valence-corrected chi connectivity index (χ0v) is 16.4. The molecular formula is C23H20N2O5. The number of imide groups is 1. The van der Waals surface area contributed by atoms with E-state index in [1.807, 2.05) is 25.1 Å². The molecule has 1 saturated heterocycles. The van der Waals surface area contributed by atoms with E-state index in [-0.39, 0.29) is 36.0 Å². The molecular weight excluding hydrogens is 384 g/mol. The van der Waals surface area contributed by atoms with Gasteiger partial charge in [0, 0.05) is 35.5 Å². The van der Waals surface area contributed by atoms with Crippen LogP contribution in [0.5, 0.6) is 0 Å². The number of ether oxygens (including phenoxy) is 1. The number of carbonyl (C=O) groups is 4. The first kappa shape index (κ1) is 19.6. The Balaban J connectivity index is 1.48. The van der Waals surface area contributed by atoms with Crippen molar-refractivity contribution in [1.82, 2.24) is 4.98 Å². The highest BCUT2D eigenvalue weighted by Gasteiger charge is 2.30. The summed E-state index contributed by atoms with van der Waals surface area (Å²) >= 11 is 0. The predicted octanol–water partition coefficient (Wildman–Crippen LogP) is 3.42. The molecule has 1 aliphatic heterocycles. The van der Waals surface area contributed by atoms with E-state index in [4.69, 9.17) is 4.74 Å². The summed E-state index contributed by atoms with van der Waals surface area (Å²) in [7, 11) is 0. The number of rotatable bonds is 6. The maximum atomic E-state index is 12.6. The van der Waals surface area contributed by atoms with Crippen LogP contribution in [0, 0.1) is 0 Å². The van der Waals surface area contributed by atoms with Crippen molar-refractivity contribution in [3.63, 3.8) is 0 Å². The smallest absolute Gasteiger partial charge is 0.338 e. The summed E-state index contributed by atoms with van der Waals surface area (Å²) < 4.78 is 5.20. The summed E-state index contributed by atoms with van der Waals surface area (Å²) in [6, 6.07) is 11.8. The van der Waals surface area contributed by atoms with Gasteiger partial charge < -0.3 is 9.72 Å². The van der Waals surface area contributed by atoms with Crippen LogP contribution in [0.15, 0.2) is 48.7 Å². The Hall–Kier alpha value is -3.74. The van der Waals surface area contributed by atoms with Crippen molar-refractivity contribution >= 4 is 40.2 Å². The molecule has 4 rings (SSSR count). The number of para-hydroxylation sites is 1. The lowest BCUT2D eigenvalue weighted by Gasteiger charge is -2.14. The molecule has 3 aromatic rings. The zero-order valence-electron chi connectivity index (χ0n) is 16.4. The predicted molar refractivity (Wildman–Crippen MR) is 110 cm³/mol. The number of nitrogens with zero attached hydrogens (tertiary/aromatic N) is 1. The number of hydrogen-bond acceptors (Lipinski definition) is 5. The molecule has 7 nitrogen and oxygen atoms in total. The molecule has 1 fully saturated rings. The number of anilines is 1. The monoisotopic (exact) mass is 404 g/mol. The fourth-order valence-electron chi connectivity index (χ4n) is 3.67. The number of carbonyl (C=O) groups excluding carboxylic acids is 4. The van der Waals surface area contributed by atoms with Crippen molar-refractivity contribution in [3.8, 4) is 0 Å². The number of Topliss-reactive ketones (excluding diaryl/α,β-unsaturated/α-hetero) is 1. The molecule has 2 heterocycles. The number of amides is 2. The van der Waals surface area contributed by atoms with Crippen molar-refractivity contribution in [2.45, 2.75) is 26.2 Å². The molecule has 0 unspecified atom stereocenters. The van der Waals surface area contributed by atoms with Crippen LogP contribution in [-0.2, 0) is 20.7 Å². The van der Waals surface area contributed by atoms with Gasteiger partial charge in [-0.1, -0.05) is 31.2 Å². The van der Waals surface area contributed by atoms with Crippen LogP contribution < -0.4 is 4.90 Å². The first-order chi connectivity index (χ1) is 14.5. The number of fused-ring (bicyclic) bond motifs is 1. The van der Waals surface area contributed by atoms with E-state index in [0.717, 1.165) is 27.8 Å². The minimum Gasteiger partial charge on any atom is -0.454 e. The maximum absolute atomic E-state index is 12.6. The highest BCUT2D eigenvalue weighted by Crippen LogP contribution is 2.25. The van der Waals surface area contributed by atoms with Gasteiger partial charge in [-0.2, -0.15) is 0 Å². The van der Waals surface area contributed by atoms with Gasteiger partial charge in [0.25, 0.3) is 0 Å². The lowest BCUT2D eigenvalue weighted by molar-refractivity contribution is -0.121. The Morgan fingerprint density at radius 2 is 1.80 bits per heavy atom. The molecule has 0 bridgehead atoms. The molecule has 2 aromatic carbocycles. The number of aromatic amines is 1. The average Bonchev–Trinajstić information content (AvgIpc) is 3.34. The minimum atomic E-state index is -0.696. The Morgan fingerprint density at radius 1 is 1.07 bits per heavy atom. The van der Waals surface area contributed by atoms with E-state index in [1.54, 1.807) is 18.3 Å². The van der Waals surface area contributed by atoms with Crippen LogP contribution in [0.1, 0.15) is 46.0 Å². The van der Waals surface area contributed by atoms with Gasteiger partial charge >= 0.3 is 5.97 Å². The molecule has 1 aliphatic rings. The van der Waals surface area contributed by atoms with Gasteiger partial charge in [0.2, 0.25) is 17.6 Å². The van der Waals surface area contributed by atoms with E-state index in [1.165, 1.54) is 12.1 Å². The Morgan fingerprint density at radius 3 is 2.53 bits per heavy atom. The Kier molecular flexibility index (Phi) is 5.18. The third kappa shape index (κ3) is 3.50. The zero-order chi connectivity index (χ0) is 21.3. The SMILES string of the molecule is CCc1cccc2c(C(=O)COC(=O)c3cccc(N4C(=O)CCC4=O)c3)c[nH]c12. The standard InChI is InChI=1S/C23H20N2O5/c1-2-14-5-4-8-17-18(12-24-22(14)17)19(26)13-30-23(29)15-6-3-7-16(11-15)25-20(27)9-10-21(25)28/h3-8,11-12,24H,2,9-10,13H2,1H3. The van der Waals surface area contributed by atoms with Crippen molar-refractivity contribution in [2.75, 3.05) is 11.5 Å². The van der Waals surface area contributed by atoms with E-state index >= 15 is 0 Å². The van der Waals surface area contributed by atoms with Gasteiger partial charge in [0.15, 0.2) is 6.61 Å². The van der Waals surface area contributed by atoms with Crippen LogP contribution in [0.3, 0.4) is 0 Å².